The highest BCUT2D eigenvalue weighted by molar-refractivity contribution is 8.14. The molecule has 0 heterocycles. The normalized spacial score (nSPS) is 12.8. The van der Waals surface area contributed by atoms with Crippen molar-refractivity contribution in [3.8, 4) is 0 Å². The van der Waals surface area contributed by atoms with Crippen LogP contribution >= 0.6 is 23.5 Å². The average molecular weight is 234 g/mol. The topological polar surface area (TPSA) is 17.1 Å². The van der Waals surface area contributed by atoms with Crippen LogP contribution in [-0.2, 0) is 4.79 Å². The fraction of sp³-hybridized carbons (Fsp3) is 0.909. The summed E-state index contributed by atoms with van der Waals surface area (Å²) in [5.41, 5.74) is 0. The third-order valence-corrected chi connectivity index (χ3v) is 4.27. The molecule has 0 saturated carbocycles. The molecule has 84 valence electrons. The Balaban J connectivity index is 3.27. The molecule has 1 unspecified atom stereocenters. The molecule has 0 fully saturated rings. The van der Waals surface area contributed by atoms with Crippen LogP contribution in [0.15, 0.2) is 0 Å². The van der Waals surface area contributed by atoms with E-state index in [1.165, 1.54) is 30.4 Å². The van der Waals surface area contributed by atoms with Gasteiger partial charge in [0.2, 0.25) is 0 Å². The van der Waals surface area contributed by atoms with Crippen molar-refractivity contribution in [2.24, 2.45) is 0 Å². The van der Waals surface area contributed by atoms with Gasteiger partial charge in [0.1, 0.15) is 0 Å². The zero-order chi connectivity index (χ0) is 10.8. The largest absolute Gasteiger partial charge is 0.287 e. The molecule has 0 N–H and O–H groups in total. The summed E-state index contributed by atoms with van der Waals surface area (Å²) in [7, 11) is 0. The van der Waals surface area contributed by atoms with Crippen LogP contribution in [0.1, 0.15) is 46.5 Å². The molecule has 0 radical (unpaired) electrons. The highest BCUT2D eigenvalue weighted by Gasteiger charge is 2.07. The van der Waals surface area contributed by atoms with E-state index in [4.69, 9.17) is 0 Å². The Bertz CT molecular complexity index is 148. The maximum absolute atomic E-state index is 11.4. The average Bonchev–Trinajstić information content (AvgIpc) is 2.17. The van der Waals surface area contributed by atoms with Crippen LogP contribution in [0.2, 0.25) is 0 Å². The summed E-state index contributed by atoms with van der Waals surface area (Å²) in [5, 5.41) is 0.853. The van der Waals surface area contributed by atoms with E-state index in [2.05, 4.69) is 20.8 Å². The minimum absolute atomic E-state index is 0.364. The second-order valence-electron chi connectivity index (χ2n) is 3.42. The Hall–Kier alpha value is 0.370. The van der Waals surface area contributed by atoms with Crippen molar-refractivity contribution in [1.82, 2.24) is 0 Å². The zero-order valence-electron chi connectivity index (χ0n) is 9.54. The van der Waals surface area contributed by atoms with Gasteiger partial charge in [-0.25, -0.2) is 0 Å². The molecule has 14 heavy (non-hydrogen) atoms. The second-order valence-corrected chi connectivity index (χ2v) is 6.15. The summed E-state index contributed by atoms with van der Waals surface area (Å²) >= 11 is 3.42. The number of hydrogen-bond acceptors (Lipinski definition) is 3. The van der Waals surface area contributed by atoms with Gasteiger partial charge in [-0.05, 0) is 18.6 Å². The van der Waals surface area contributed by atoms with Gasteiger partial charge in [-0.15, -0.1) is 0 Å². The number of hydrogen-bond donors (Lipinski definition) is 0. The molecule has 0 aliphatic carbocycles. The Morgan fingerprint density at radius 3 is 2.57 bits per heavy atom. The molecule has 0 aromatic rings. The number of unbranched alkanes of at least 4 members (excludes halogenated alkanes) is 1. The molecule has 0 saturated heterocycles. The van der Waals surface area contributed by atoms with E-state index >= 15 is 0 Å². The minimum Gasteiger partial charge on any atom is -0.287 e. The van der Waals surface area contributed by atoms with E-state index in [-0.39, 0.29) is 0 Å². The molecular weight excluding hydrogens is 212 g/mol. The first-order valence-corrected chi connectivity index (χ1v) is 7.51. The van der Waals surface area contributed by atoms with Crippen molar-refractivity contribution in [3.63, 3.8) is 0 Å². The van der Waals surface area contributed by atoms with Crippen molar-refractivity contribution in [2.75, 3.05) is 11.5 Å². The summed E-state index contributed by atoms with van der Waals surface area (Å²) < 4.78 is 0. The van der Waals surface area contributed by atoms with Gasteiger partial charge in [-0.3, -0.25) is 4.79 Å². The van der Waals surface area contributed by atoms with Crippen molar-refractivity contribution in [2.45, 2.75) is 51.7 Å². The number of carbonyl (C=O) groups is 1. The zero-order valence-corrected chi connectivity index (χ0v) is 11.2. The van der Waals surface area contributed by atoms with Crippen LogP contribution in [0.3, 0.4) is 0 Å². The lowest BCUT2D eigenvalue weighted by atomic mass is 10.4. The third kappa shape index (κ3) is 8.95. The van der Waals surface area contributed by atoms with Crippen LogP contribution in [-0.4, -0.2) is 21.9 Å². The third-order valence-electron chi connectivity index (χ3n) is 2.00. The van der Waals surface area contributed by atoms with Gasteiger partial charge in [0.05, 0.1) is 0 Å². The smallest absolute Gasteiger partial charge is 0.190 e. The van der Waals surface area contributed by atoms with Gasteiger partial charge in [-0.2, -0.15) is 11.8 Å². The summed E-state index contributed by atoms with van der Waals surface area (Å²) in [4.78, 5) is 11.4. The Labute approximate surface area is 96.8 Å². The first-order chi connectivity index (χ1) is 6.70. The van der Waals surface area contributed by atoms with Crippen molar-refractivity contribution in [1.29, 1.82) is 0 Å². The molecule has 0 aromatic carbocycles. The molecule has 0 aromatic heterocycles. The number of carbonyl (C=O) groups excluding carboxylic acids is 1. The SMILES string of the molecule is CCCCSCCC(=O)SC(C)CC. The monoisotopic (exact) mass is 234 g/mol. The highest BCUT2D eigenvalue weighted by atomic mass is 32.2. The molecule has 0 rings (SSSR count). The molecule has 1 atom stereocenters. The summed E-state index contributed by atoms with van der Waals surface area (Å²) in [6.07, 6.45) is 4.35. The first-order valence-electron chi connectivity index (χ1n) is 5.47. The van der Waals surface area contributed by atoms with E-state index in [1.54, 1.807) is 0 Å². The highest BCUT2D eigenvalue weighted by Crippen LogP contribution is 2.18. The van der Waals surface area contributed by atoms with Crippen molar-refractivity contribution >= 4 is 28.6 Å². The van der Waals surface area contributed by atoms with E-state index in [0.29, 0.717) is 10.4 Å². The van der Waals surface area contributed by atoms with E-state index in [1.807, 2.05) is 11.8 Å². The van der Waals surface area contributed by atoms with Crippen LogP contribution in [0.5, 0.6) is 0 Å². The van der Waals surface area contributed by atoms with Crippen molar-refractivity contribution in [3.05, 3.63) is 0 Å². The maximum Gasteiger partial charge on any atom is 0.190 e. The molecule has 3 heteroatoms. The molecule has 1 nitrogen and oxygen atoms in total. The van der Waals surface area contributed by atoms with Gasteiger partial charge < -0.3 is 0 Å². The summed E-state index contributed by atoms with van der Waals surface area (Å²) in [5.74, 6) is 2.21. The summed E-state index contributed by atoms with van der Waals surface area (Å²) in [6.45, 7) is 6.44. The Morgan fingerprint density at radius 2 is 2.00 bits per heavy atom. The van der Waals surface area contributed by atoms with E-state index in [9.17, 15) is 4.79 Å². The van der Waals surface area contributed by atoms with Crippen LogP contribution < -0.4 is 0 Å². The van der Waals surface area contributed by atoms with Crippen molar-refractivity contribution < 1.29 is 4.79 Å². The van der Waals surface area contributed by atoms with Gasteiger partial charge in [0, 0.05) is 17.4 Å². The lowest BCUT2D eigenvalue weighted by Gasteiger charge is -2.06. The Kier molecular flexibility index (Phi) is 10.2. The van der Waals surface area contributed by atoms with Crippen LogP contribution in [0.25, 0.3) is 0 Å². The molecule has 0 aliphatic heterocycles. The van der Waals surface area contributed by atoms with Gasteiger partial charge in [0.15, 0.2) is 5.12 Å². The standard InChI is InChI=1S/C11H22OS2/c1-4-6-8-13-9-7-11(12)14-10(3)5-2/h10H,4-9H2,1-3H3. The van der Waals surface area contributed by atoms with E-state index < -0.39 is 0 Å². The quantitative estimate of drug-likeness (QED) is 0.592. The second kappa shape index (κ2) is 9.91. The molecule has 0 spiro atoms. The lowest BCUT2D eigenvalue weighted by molar-refractivity contribution is -0.110. The molecular formula is C11H22OS2. The van der Waals surface area contributed by atoms with Crippen LogP contribution in [0, 0.1) is 0 Å². The predicted molar refractivity (Wildman–Crippen MR) is 69.2 cm³/mol. The lowest BCUT2D eigenvalue weighted by Crippen LogP contribution is -2.02. The minimum atomic E-state index is 0.364. The molecule has 0 bridgehead atoms. The van der Waals surface area contributed by atoms with Gasteiger partial charge >= 0.3 is 0 Å². The molecule has 0 aliphatic rings. The Morgan fingerprint density at radius 1 is 1.29 bits per heavy atom. The van der Waals surface area contributed by atoms with Crippen LogP contribution in [0.4, 0.5) is 0 Å². The van der Waals surface area contributed by atoms with E-state index in [0.717, 1.165) is 18.6 Å². The summed E-state index contributed by atoms with van der Waals surface area (Å²) in [6, 6.07) is 0. The fourth-order valence-corrected chi connectivity index (χ4v) is 2.86. The number of rotatable bonds is 8. The first kappa shape index (κ1) is 14.4. The predicted octanol–water partition coefficient (Wildman–Crippen LogP) is 3.97. The number of thioether (sulfide) groups is 2. The van der Waals surface area contributed by atoms with Gasteiger partial charge in [-0.1, -0.05) is 39.0 Å². The van der Waals surface area contributed by atoms with Gasteiger partial charge in [0.25, 0.3) is 0 Å². The maximum atomic E-state index is 11.4. The fourth-order valence-electron chi connectivity index (χ4n) is 0.871. The molecule has 0 amide bonds.